The van der Waals surface area contributed by atoms with Gasteiger partial charge in [-0.05, 0) is 31.7 Å². The molecule has 0 saturated heterocycles. The van der Waals surface area contributed by atoms with Crippen LogP contribution >= 0.6 is 0 Å². The summed E-state index contributed by atoms with van der Waals surface area (Å²) in [6, 6.07) is 0.792. The van der Waals surface area contributed by atoms with Crippen LogP contribution in [0.2, 0.25) is 0 Å². The molecular formula is C8H13N. The quantitative estimate of drug-likeness (QED) is 0.516. The molecule has 0 aromatic carbocycles. The summed E-state index contributed by atoms with van der Waals surface area (Å²) >= 11 is 0. The van der Waals surface area contributed by atoms with E-state index in [-0.39, 0.29) is 0 Å². The van der Waals surface area contributed by atoms with Crippen LogP contribution in [-0.2, 0) is 0 Å². The molecule has 50 valence electrons. The van der Waals surface area contributed by atoms with Gasteiger partial charge in [-0.1, -0.05) is 12.2 Å². The maximum absolute atomic E-state index is 3.34. The second kappa shape index (κ2) is 1.84. The van der Waals surface area contributed by atoms with Crippen molar-refractivity contribution in [3.63, 3.8) is 0 Å². The Balaban J connectivity index is 2.10. The first-order chi connectivity index (χ1) is 4.40. The second-order valence-corrected chi connectivity index (χ2v) is 3.18. The van der Waals surface area contributed by atoms with Gasteiger partial charge in [0, 0.05) is 6.04 Å². The van der Waals surface area contributed by atoms with E-state index in [4.69, 9.17) is 0 Å². The Hall–Kier alpha value is -0.300. The van der Waals surface area contributed by atoms with E-state index in [2.05, 4.69) is 24.5 Å². The van der Waals surface area contributed by atoms with Crippen molar-refractivity contribution in [1.82, 2.24) is 5.32 Å². The largest absolute Gasteiger partial charge is 0.316 e. The topological polar surface area (TPSA) is 12.0 Å². The van der Waals surface area contributed by atoms with Gasteiger partial charge in [0.25, 0.3) is 0 Å². The minimum absolute atomic E-state index is 0.792. The van der Waals surface area contributed by atoms with Gasteiger partial charge in [-0.15, -0.1) is 0 Å². The van der Waals surface area contributed by atoms with Crippen molar-refractivity contribution < 1.29 is 0 Å². The molecule has 0 spiro atoms. The molecule has 2 bridgehead atoms. The van der Waals surface area contributed by atoms with E-state index in [1.807, 2.05) is 0 Å². The molecule has 9 heavy (non-hydrogen) atoms. The lowest BCUT2D eigenvalue weighted by atomic mass is 10.0. The fourth-order valence-corrected chi connectivity index (χ4v) is 2.11. The van der Waals surface area contributed by atoms with Gasteiger partial charge < -0.3 is 5.32 Å². The molecule has 0 amide bonds. The van der Waals surface area contributed by atoms with Crippen LogP contribution in [-0.4, -0.2) is 13.1 Å². The maximum Gasteiger partial charge on any atom is 0.0133 e. The van der Waals surface area contributed by atoms with Crippen molar-refractivity contribution in [2.45, 2.75) is 18.9 Å². The summed E-state index contributed by atoms with van der Waals surface area (Å²) in [5.74, 6) is 1.77. The summed E-state index contributed by atoms with van der Waals surface area (Å²) in [4.78, 5) is 0. The molecule has 0 aliphatic heterocycles. The highest BCUT2D eigenvalue weighted by atomic mass is 14.9. The Morgan fingerprint density at radius 1 is 1.33 bits per heavy atom. The predicted molar refractivity (Wildman–Crippen MR) is 38.2 cm³/mol. The van der Waals surface area contributed by atoms with Gasteiger partial charge in [-0.25, -0.2) is 0 Å². The molecule has 0 aromatic heterocycles. The van der Waals surface area contributed by atoms with Gasteiger partial charge in [-0.2, -0.15) is 0 Å². The Morgan fingerprint density at radius 3 is 2.56 bits per heavy atom. The molecule has 1 heteroatoms. The molecule has 2 aliphatic carbocycles. The highest BCUT2D eigenvalue weighted by Gasteiger charge is 2.34. The second-order valence-electron chi connectivity index (χ2n) is 3.18. The Bertz CT molecular complexity index is 140. The fraction of sp³-hybridized carbons (Fsp3) is 0.750. The first-order valence-electron chi connectivity index (χ1n) is 3.76. The zero-order valence-corrected chi connectivity index (χ0v) is 5.80. The molecule has 0 radical (unpaired) electrons. The van der Waals surface area contributed by atoms with E-state index in [0.29, 0.717) is 0 Å². The zero-order chi connectivity index (χ0) is 6.27. The molecule has 1 nitrogen and oxygen atoms in total. The van der Waals surface area contributed by atoms with Crippen LogP contribution in [0.5, 0.6) is 0 Å². The number of hydrogen-bond donors (Lipinski definition) is 1. The number of allylic oxidation sites excluding steroid dienone is 1. The average molecular weight is 123 g/mol. The lowest BCUT2D eigenvalue weighted by molar-refractivity contribution is 0.489. The minimum Gasteiger partial charge on any atom is -0.316 e. The summed E-state index contributed by atoms with van der Waals surface area (Å²) < 4.78 is 0. The van der Waals surface area contributed by atoms with Crippen LogP contribution in [0.4, 0.5) is 0 Å². The molecule has 3 atom stereocenters. The molecule has 1 fully saturated rings. The van der Waals surface area contributed by atoms with Crippen molar-refractivity contribution in [3.8, 4) is 0 Å². The monoisotopic (exact) mass is 123 g/mol. The van der Waals surface area contributed by atoms with Gasteiger partial charge >= 0.3 is 0 Å². The normalized spacial score (nSPS) is 46.6. The van der Waals surface area contributed by atoms with E-state index in [0.717, 1.165) is 17.9 Å². The molecule has 0 heterocycles. The van der Waals surface area contributed by atoms with E-state index < -0.39 is 0 Å². The van der Waals surface area contributed by atoms with Crippen LogP contribution in [0.3, 0.4) is 0 Å². The third kappa shape index (κ3) is 0.715. The van der Waals surface area contributed by atoms with Crippen molar-refractivity contribution >= 4 is 0 Å². The number of nitrogens with one attached hydrogen (secondary N) is 1. The van der Waals surface area contributed by atoms with Gasteiger partial charge in [-0.3, -0.25) is 0 Å². The van der Waals surface area contributed by atoms with Gasteiger partial charge in [0.1, 0.15) is 0 Å². The van der Waals surface area contributed by atoms with E-state index in [9.17, 15) is 0 Å². The summed E-state index contributed by atoms with van der Waals surface area (Å²) in [5, 5.41) is 3.34. The van der Waals surface area contributed by atoms with Crippen LogP contribution in [0.1, 0.15) is 12.8 Å². The van der Waals surface area contributed by atoms with E-state index in [1.165, 1.54) is 12.8 Å². The predicted octanol–water partition coefficient (Wildman–Crippen LogP) is 1.17. The minimum atomic E-state index is 0.792. The Labute approximate surface area is 56.1 Å². The molecule has 2 aliphatic rings. The fourth-order valence-electron chi connectivity index (χ4n) is 2.11. The standard InChI is InChI=1S/C8H13N/c1-9-8-5-6-2-3-7(8)4-6/h2-3,6-9H,4-5H2,1H3. The van der Waals surface area contributed by atoms with E-state index >= 15 is 0 Å². The Morgan fingerprint density at radius 2 is 2.22 bits per heavy atom. The average Bonchev–Trinajstić information content (AvgIpc) is 2.45. The van der Waals surface area contributed by atoms with Crippen LogP contribution < -0.4 is 5.32 Å². The van der Waals surface area contributed by atoms with E-state index in [1.54, 1.807) is 0 Å². The van der Waals surface area contributed by atoms with Crippen molar-refractivity contribution in [2.75, 3.05) is 7.05 Å². The highest BCUT2D eigenvalue weighted by Crippen LogP contribution is 2.38. The number of hydrogen-bond acceptors (Lipinski definition) is 1. The Kier molecular flexibility index (Phi) is 1.12. The molecule has 1 saturated carbocycles. The lowest BCUT2D eigenvalue weighted by Gasteiger charge is -2.15. The molecular weight excluding hydrogens is 110 g/mol. The first-order valence-corrected chi connectivity index (χ1v) is 3.76. The molecule has 3 unspecified atom stereocenters. The smallest absolute Gasteiger partial charge is 0.0133 e. The third-order valence-electron chi connectivity index (χ3n) is 2.65. The SMILES string of the molecule is CNC1CC2C=CC1C2. The summed E-state index contributed by atoms with van der Waals surface area (Å²) in [7, 11) is 2.07. The molecule has 2 rings (SSSR count). The van der Waals surface area contributed by atoms with Gasteiger partial charge in [0.2, 0.25) is 0 Å². The summed E-state index contributed by atoms with van der Waals surface area (Å²) in [5.41, 5.74) is 0. The van der Waals surface area contributed by atoms with Crippen molar-refractivity contribution in [1.29, 1.82) is 0 Å². The summed E-state index contributed by atoms with van der Waals surface area (Å²) in [6.07, 6.45) is 7.52. The molecule has 0 aromatic rings. The van der Waals surface area contributed by atoms with Crippen LogP contribution in [0, 0.1) is 11.8 Å². The van der Waals surface area contributed by atoms with Crippen LogP contribution in [0.15, 0.2) is 12.2 Å². The third-order valence-corrected chi connectivity index (χ3v) is 2.65. The highest BCUT2D eigenvalue weighted by molar-refractivity contribution is 5.12. The first kappa shape index (κ1) is 5.48. The van der Waals surface area contributed by atoms with Crippen LogP contribution in [0.25, 0.3) is 0 Å². The lowest BCUT2D eigenvalue weighted by Crippen LogP contribution is -2.28. The van der Waals surface area contributed by atoms with Crippen molar-refractivity contribution in [3.05, 3.63) is 12.2 Å². The summed E-state index contributed by atoms with van der Waals surface area (Å²) in [6.45, 7) is 0. The number of rotatable bonds is 1. The number of fused-ring (bicyclic) bond motifs is 2. The maximum atomic E-state index is 3.34. The van der Waals surface area contributed by atoms with Crippen molar-refractivity contribution in [2.24, 2.45) is 11.8 Å². The van der Waals surface area contributed by atoms with Gasteiger partial charge in [0.05, 0.1) is 0 Å². The van der Waals surface area contributed by atoms with Gasteiger partial charge in [0.15, 0.2) is 0 Å². The zero-order valence-electron chi connectivity index (χ0n) is 5.80. The molecule has 1 N–H and O–H groups in total.